The van der Waals surface area contributed by atoms with Crippen molar-refractivity contribution in [3.05, 3.63) is 47.4 Å². The third-order valence-corrected chi connectivity index (χ3v) is 6.19. The standard InChI is InChI=1S/C20H20O5/c1-11-14(12-3-4-16-17(5-12)24-10-23-16)6-13-8-20(11)9-18(22-2)15(21)7-19(20)25-13/h3-5,7,9,11,13-14H,6,8,10H2,1-2H3/t11-,13+,14-,20-/m1/s1. The van der Waals surface area contributed by atoms with E-state index in [4.69, 9.17) is 18.9 Å². The molecule has 1 aromatic carbocycles. The van der Waals surface area contributed by atoms with E-state index in [-0.39, 0.29) is 30.0 Å². The van der Waals surface area contributed by atoms with Crippen LogP contribution >= 0.6 is 0 Å². The van der Waals surface area contributed by atoms with E-state index >= 15 is 0 Å². The van der Waals surface area contributed by atoms with E-state index in [0.717, 1.165) is 30.1 Å². The molecule has 5 nitrogen and oxygen atoms in total. The molecule has 1 saturated carbocycles. The lowest BCUT2D eigenvalue weighted by Crippen LogP contribution is -2.37. The number of benzene rings is 1. The second-order valence-corrected chi connectivity index (χ2v) is 7.31. The van der Waals surface area contributed by atoms with E-state index in [1.54, 1.807) is 13.2 Å². The van der Waals surface area contributed by atoms with Gasteiger partial charge in [-0.05, 0) is 42.0 Å². The summed E-state index contributed by atoms with van der Waals surface area (Å²) in [5, 5.41) is 0. The van der Waals surface area contributed by atoms with Crippen molar-refractivity contribution < 1.29 is 23.7 Å². The first-order valence-electron chi connectivity index (χ1n) is 8.70. The Morgan fingerprint density at radius 2 is 2.08 bits per heavy atom. The van der Waals surface area contributed by atoms with Crippen molar-refractivity contribution >= 4 is 5.78 Å². The summed E-state index contributed by atoms with van der Waals surface area (Å²) in [6.45, 7) is 2.52. The lowest BCUT2D eigenvalue weighted by atomic mass is 9.59. The first-order valence-corrected chi connectivity index (χ1v) is 8.70. The average Bonchev–Trinajstić information content (AvgIpc) is 3.19. The molecular weight excluding hydrogens is 320 g/mol. The maximum atomic E-state index is 12.2. The van der Waals surface area contributed by atoms with Crippen LogP contribution in [0.15, 0.2) is 41.9 Å². The number of ether oxygens (including phenoxy) is 4. The maximum Gasteiger partial charge on any atom is 0.231 e. The fourth-order valence-electron chi connectivity index (χ4n) is 4.85. The van der Waals surface area contributed by atoms with Crippen molar-refractivity contribution in [3.8, 4) is 11.5 Å². The summed E-state index contributed by atoms with van der Waals surface area (Å²) in [5.41, 5.74) is 0.971. The number of carbonyl (C=O) groups is 1. The van der Waals surface area contributed by atoms with Gasteiger partial charge in [-0.3, -0.25) is 4.79 Å². The van der Waals surface area contributed by atoms with Gasteiger partial charge in [-0.1, -0.05) is 13.0 Å². The third kappa shape index (κ3) is 1.98. The van der Waals surface area contributed by atoms with E-state index in [0.29, 0.717) is 11.7 Å². The molecule has 2 aliphatic heterocycles. The smallest absolute Gasteiger partial charge is 0.231 e. The van der Waals surface area contributed by atoms with Gasteiger partial charge in [0.1, 0.15) is 11.9 Å². The lowest BCUT2D eigenvalue weighted by molar-refractivity contribution is -0.114. The summed E-state index contributed by atoms with van der Waals surface area (Å²) in [6.07, 6.45) is 5.58. The van der Waals surface area contributed by atoms with Crippen LogP contribution in [0.25, 0.3) is 0 Å². The van der Waals surface area contributed by atoms with Crippen LogP contribution in [0.4, 0.5) is 0 Å². The number of fused-ring (bicyclic) bond motifs is 2. The zero-order valence-electron chi connectivity index (χ0n) is 14.3. The van der Waals surface area contributed by atoms with Crippen LogP contribution in [0.3, 0.4) is 0 Å². The summed E-state index contributed by atoms with van der Waals surface area (Å²) in [4.78, 5) is 12.2. The maximum absolute atomic E-state index is 12.2. The molecule has 4 atom stereocenters. The molecular formula is C20H20O5. The predicted molar refractivity (Wildman–Crippen MR) is 89.2 cm³/mol. The van der Waals surface area contributed by atoms with Crippen molar-refractivity contribution in [3.63, 3.8) is 0 Å². The molecule has 2 aliphatic carbocycles. The first kappa shape index (κ1) is 14.9. The molecule has 5 rings (SSSR count). The molecule has 4 aliphatic rings. The molecule has 1 spiro atoms. The summed E-state index contributed by atoms with van der Waals surface area (Å²) >= 11 is 0. The van der Waals surface area contributed by atoms with Crippen molar-refractivity contribution in [2.75, 3.05) is 13.9 Å². The summed E-state index contributed by atoms with van der Waals surface area (Å²) < 4.78 is 22.4. The Morgan fingerprint density at radius 3 is 2.92 bits per heavy atom. The number of rotatable bonds is 2. The van der Waals surface area contributed by atoms with Gasteiger partial charge >= 0.3 is 0 Å². The fraction of sp³-hybridized carbons (Fsp3) is 0.450. The number of allylic oxidation sites excluding steroid dienone is 2. The van der Waals surface area contributed by atoms with Gasteiger partial charge in [0.25, 0.3) is 0 Å². The lowest BCUT2D eigenvalue weighted by Gasteiger charge is -2.41. The largest absolute Gasteiger partial charge is 0.494 e. The van der Waals surface area contributed by atoms with Gasteiger partial charge in [0.2, 0.25) is 12.6 Å². The fourth-order valence-corrected chi connectivity index (χ4v) is 4.85. The highest BCUT2D eigenvalue weighted by molar-refractivity contribution is 6.04. The molecule has 2 bridgehead atoms. The number of ketones is 1. The normalized spacial score (nSPS) is 34.8. The van der Waals surface area contributed by atoms with Crippen LogP contribution in [-0.2, 0) is 14.3 Å². The molecule has 130 valence electrons. The molecule has 1 saturated heterocycles. The van der Waals surface area contributed by atoms with Crippen molar-refractivity contribution in [2.24, 2.45) is 11.3 Å². The zero-order chi connectivity index (χ0) is 17.2. The molecule has 1 aromatic rings. The van der Waals surface area contributed by atoms with Gasteiger partial charge in [0.05, 0.1) is 12.5 Å². The minimum Gasteiger partial charge on any atom is -0.494 e. The van der Waals surface area contributed by atoms with Crippen LogP contribution in [0, 0.1) is 11.3 Å². The highest BCUT2D eigenvalue weighted by Crippen LogP contribution is 2.61. The predicted octanol–water partition coefficient (Wildman–Crippen LogP) is 3.31. The molecule has 0 aromatic heterocycles. The van der Waals surface area contributed by atoms with Crippen LogP contribution in [0.5, 0.6) is 11.5 Å². The number of carbonyl (C=O) groups excluding carboxylic acids is 1. The van der Waals surface area contributed by atoms with Crippen molar-refractivity contribution in [2.45, 2.75) is 31.8 Å². The number of hydrogen-bond donors (Lipinski definition) is 0. The topological polar surface area (TPSA) is 54.0 Å². The third-order valence-electron chi connectivity index (χ3n) is 6.19. The first-order chi connectivity index (χ1) is 12.1. The SMILES string of the molecule is COC1=C[C@]23C[C@H](C[C@@H](c4ccc5c(c4)OCO5)[C@H]2C)OC3=CC1=O. The summed E-state index contributed by atoms with van der Waals surface area (Å²) in [5.74, 6) is 3.34. The molecule has 0 amide bonds. The summed E-state index contributed by atoms with van der Waals surface area (Å²) in [7, 11) is 1.55. The van der Waals surface area contributed by atoms with Gasteiger partial charge in [-0.15, -0.1) is 0 Å². The van der Waals surface area contributed by atoms with Crippen LogP contribution in [-0.4, -0.2) is 25.8 Å². The summed E-state index contributed by atoms with van der Waals surface area (Å²) in [6, 6.07) is 6.19. The molecule has 2 heterocycles. The van der Waals surface area contributed by atoms with Gasteiger partial charge < -0.3 is 18.9 Å². The second kappa shape index (κ2) is 5.04. The quantitative estimate of drug-likeness (QED) is 0.827. The Kier molecular flexibility index (Phi) is 3.00. The van der Waals surface area contributed by atoms with Gasteiger partial charge in [-0.2, -0.15) is 0 Å². The minimum absolute atomic E-state index is 0.109. The second-order valence-electron chi connectivity index (χ2n) is 7.31. The monoisotopic (exact) mass is 340 g/mol. The number of methoxy groups -OCH3 is 1. The molecule has 5 heteroatoms. The Balaban J connectivity index is 1.56. The van der Waals surface area contributed by atoms with E-state index in [1.807, 2.05) is 12.1 Å². The molecule has 0 radical (unpaired) electrons. The van der Waals surface area contributed by atoms with Crippen molar-refractivity contribution in [1.29, 1.82) is 0 Å². The molecule has 0 N–H and O–H groups in total. The van der Waals surface area contributed by atoms with E-state index in [1.165, 1.54) is 5.56 Å². The highest BCUT2D eigenvalue weighted by atomic mass is 16.7. The average molecular weight is 340 g/mol. The van der Waals surface area contributed by atoms with E-state index in [9.17, 15) is 4.79 Å². The Hall–Kier alpha value is -2.43. The van der Waals surface area contributed by atoms with Gasteiger partial charge in [-0.25, -0.2) is 0 Å². The Labute approximate surface area is 146 Å². The van der Waals surface area contributed by atoms with Crippen LogP contribution in [0.1, 0.15) is 31.2 Å². The van der Waals surface area contributed by atoms with E-state index < -0.39 is 0 Å². The highest BCUT2D eigenvalue weighted by Gasteiger charge is 2.56. The molecule has 2 fully saturated rings. The Bertz CT molecular complexity index is 823. The van der Waals surface area contributed by atoms with Crippen molar-refractivity contribution in [1.82, 2.24) is 0 Å². The van der Waals surface area contributed by atoms with Gasteiger partial charge in [0, 0.05) is 12.5 Å². The number of hydrogen-bond acceptors (Lipinski definition) is 5. The van der Waals surface area contributed by atoms with Crippen LogP contribution in [0.2, 0.25) is 0 Å². The zero-order valence-corrected chi connectivity index (χ0v) is 14.3. The minimum atomic E-state index is -0.261. The molecule has 0 unspecified atom stereocenters. The molecule has 25 heavy (non-hydrogen) atoms. The Morgan fingerprint density at radius 1 is 1.24 bits per heavy atom. The van der Waals surface area contributed by atoms with Crippen LogP contribution < -0.4 is 9.47 Å². The van der Waals surface area contributed by atoms with Gasteiger partial charge in [0.15, 0.2) is 17.3 Å². The van der Waals surface area contributed by atoms with E-state index in [2.05, 4.69) is 19.1 Å².